The number of thiophene rings is 1. The van der Waals surface area contributed by atoms with Crippen LogP contribution in [-0.2, 0) is 11.3 Å². The quantitative estimate of drug-likeness (QED) is 0.622. The van der Waals surface area contributed by atoms with E-state index in [1.807, 2.05) is 24.3 Å². The molecule has 0 spiro atoms. The van der Waals surface area contributed by atoms with Crippen LogP contribution in [0.15, 0.2) is 18.2 Å². The highest BCUT2D eigenvalue weighted by atomic mass is 32.1. The van der Waals surface area contributed by atoms with Gasteiger partial charge >= 0.3 is 5.97 Å². The molecule has 0 bridgehead atoms. The normalized spacial score (nSPS) is 10.4. The predicted molar refractivity (Wildman–Crippen MR) is 67.5 cm³/mol. The minimum absolute atomic E-state index is 0.200. The maximum absolute atomic E-state index is 10.4. The van der Waals surface area contributed by atoms with E-state index in [-0.39, 0.29) is 13.1 Å². The fraction of sp³-hybridized carbons (Fsp3) is 0.250. The standard InChI is InChI=1S/C12H11N3O2S/c13-5-7-15(8-6-14)9-11-2-1-10(18-11)3-4-12(16)17/h1-4H,7-9H2,(H,16,17)/b4-3+. The minimum atomic E-state index is -0.986. The van der Waals surface area contributed by atoms with Gasteiger partial charge in [-0.1, -0.05) is 0 Å². The number of aliphatic carboxylic acids is 1. The van der Waals surface area contributed by atoms with Gasteiger partial charge in [0.25, 0.3) is 0 Å². The Bertz CT molecular complexity index is 506. The number of nitriles is 2. The molecule has 18 heavy (non-hydrogen) atoms. The van der Waals surface area contributed by atoms with Gasteiger partial charge in [0.15, 0.2) is 0 Å². The van der Waals surface area contributed by atoms with Gasteiger partial charge in [0.05, 0.1) is 25.2 Å². The summed E-state index contributed by atoms with van der Waals surface area (Å²) in [7, 11) is 0. The third-order valence-electron chi connectivity index (χ3n) is 2.04. The van der Waals surface area contributed by atoms with Crippen molar-refractivity contribution in [2.75, 3.05) is 13.1 Å². The molecule has 0 aromatic carbocycles. The molecule has 0 aliphatic carbocycles. The highest BCUT2D eigenvalue weighted by molar-refractivity contribution is 7.12. The lowest BCUT2D eigenvalue weighted by molar-refractivity contribution is -0.131. The molecule has 0 unspecified atom stereocenters. The van der Waals surface area contributed by atoms with E-state index < -0.39 is 5.97 Å². The number of rotatable bonds is 6. The van der Waals surface area contributed by atoms with Crippen LogP contribution in [0.1, 0.15) is 9.75 Å². The lowest BCUT2D eigenvalue weighted by Crippen LogP contribution is -2.23. The molecule has 6 heteroatoms. The van der Waals surface area contributed by atoms with Crippen LogP contribution >= 0.6 is 11.3 Å². The molecule has 0 radical (unpaired) electrons. The van der Waals surface area contributed by atoms with E-state index in [1.54, 1.807) is 4.90 Å². The maximum atomic E-state index is 10.4. The molecule has 0 saturated carbocycles. The molecule has 1 rings (SSSR count). The molecule has 92 valence electrons. The van der Waals surface area contributed by atoms with Gasteiger partial charge in [0, 0.05) is 22.4 Å². The van der Waals surface area contributed by atoms with Crippen LogP contribution in [0, 0.1) is 22.7 Å². The molecule has 1 heterocycles. The smallest absolute Gasteiger partial charge is 0.328 e. The van der Waals surface area contributed by atoms with E-state index in [0.717, 1.165) is 15.8 Å². The first-order chi connectivity index (χ1) is 8.65. The molecule has 5 nitrogen and oxygen atoms in total. The summed E-state index contributed by atoms with van der Waals surface area (Å²) in [6.07, 6.45) is 2.60. The van der Waals surface area contributed by atoms with Crippen molar-refractivity contribution in [1.82, 2.24) is 4.90 Å². The monoisotopic (exact) mass is 261 g/mol. The third-order valence-corrected chi connectivity index (χ3v) is 3.08. The average Bonchev–Trinajstić information content (AvgIpc) is 2.75. The van der Waals surface area contributed by atoms with Crippen molar-refractivity contribution >= 4 is 23.4 Å². The van der Waals surface area contributed by atoms with Crippen molar-refractivity contribution in [3.05, 3.63) is 28.0 Å². The molecule has 0 fully saturated rings. The van der Waals surface area contributed by atoms with E-state index in [9.17, 15) is 4.79 Å². The minimum Gasteiger partial charge on any atom is -0.478 e. The number of hydrogen-bond donors (Lipinski definition) is 1. The van der Waals surface area contributed by atoms with Crippen molar-refractivity contribution in [2.24, 2.45) is 0 Å². The zero-order valence-corrected chi connectivity index (χ0v) is 10.4. The Morgan fingerprint density at radius 2 is 2.06 bits per heavy atom. The van der Waals surface area contributed by atoms with E-state index in [4.69, 9.17) is 15.6 Å². The summed E-state index contributed by atoms with van der Waals surface area (Å²) in [6, 6.07) is 7.70. The lowest BCUT2D eigenvalue weighted by atomic mass is 10.3. The van der Waals surface area contributed by atoms with Gasteiger partial charge in [-0.15, -0.1) is 11.3 Å². The summed E-state index contributed by atoms with van der Waals surface area (Å²) >= 11 is 1.44. The van der Waals surface area contributed by atoms with Gasteiger partial charge in [-0.3, -0.25) is 4.90 Å². The first-order valence-electron chi connectivity index (χ1n) is 5.11. The van der Waals surface area contributed by atoms with Gasteiger partial charge in [-0.2, -0.15) is 10.5 Å². The van der Waals surface area contributed by atoms with Crippen molar-refractivity contribution in [1.29, 1.82) is 10.5 Å². The van der Waals surface area contributed by atoms with E-state index >= 15 is 0 Å². The Morgan fingerprint density at radius 1 is 1.39 bits per heavy atom. The van der Waals surface area contributed by atoms with Crippen LogP contribution in [0.2, 0.25) is 0 Å². The van der Waals surface area contributed by atoms with Crippen LogP contribution in [0.25, 0.3) is 6.08 Å². The van der Waals surface area contributed by atoms with Crippen molar-refractivity contribution in [3.8, 4) is 12.1 Å². The van der Waals surface area contributed by atoms with Gasteiger partial charge in [-0.05, 0) is 18.2 Å². The highest BCUT2D eigenvalue weighted by Gasteiger charge is 2.06. The van der Waals surface area contributed by atoms with Gasteiger partial charge in [0.2, 0.25) is 0 Å². The number of carboxylic acids is 1. The van der Waals surface area contributed by atoms with E-state index in [1.165, 1.54) is 17.4 Å². The summed E-state index contributed by atoms with van der Waals surface area (Å²) in [6.45, 7) is 0.921. The second-order valence-electron chi connectivity index (χ2n) is 3.44. The second kappa shape index (κ2) is 7.23. The first kappa shape index (κ1) is 13.9. The fourth-order valence-electron chi connectivity index (χ4n) is 1.31. The first-order valence-corrected chi connectivity index (χ1v) is 5.93. The van der Waals surface area contributed by atoms with Crippen LogP contribution in [0.3, 0.4) is 0 Å². The largest absolute Gasteiger partial charge is 0.478 e. The molecule has 0 aliphatic rings. The molecule has 1 aromatic rings. The second-order valence-corrected chi connectivity index (χ2v) is 4.64. The molecule has 0 aliphatic heterocycles. The third kappa shape index (κ3) is 4.79. The Morgan fingerprint density at radius 3 is 2.61 bits per heavy atom. The Labute approximate surface area is 109 Å². The number of carboxylic acid groups (broad SMARTS) is 1. The molecular weight excluding hydrogens is 250 g/mol. The predicted octanol–water partition coefficient (Wildman–Crippen LogP) is 1.70. The average molecular weight is 261 g/mol. The van der Waals surface area contributed by atoms with Crippen molar-refractivity contribution in [3.63, 3.8) is 0 Å². The summed E-state index contributed by atoms with van der Waals surface area (Å²) in [5.74, 6) is -0.986. The molecule has 1 aromatic heterocycles. The number of nitrogens with zero attached hydrogens (tertiary/aromatic N) is 3. The van der Waals surface area contributed by atoms with Gasteiger partial charge in [-0.25, -0.2) is 4.79 Å². The molecular formula is C12H11N3O2S. The summed E-state index contributed by atoms with van der Waals surface area (Å²) in [5.41, 5.74) is 0. The van der Waals surface area contributed by atoms with Crippen LogP contribution in [0.5, 0.6) is 0 Å². The Hall–Kier alpha value is -2.15. The zero-order chi connectivity index (χ0) is 13.4. The van der Waals surface area contributed by atoms with Gasteiger partial charge in [0.1, 0.15) is 0 Å². The number of hydrogen-bond acceptors (Lipinski definition) is 5. The topological polar surface area (TPSA) is 88.1 Å². The Balaban J connectivity index is 2.65. The highest BCUT2D eigenvalue weighted by Crippen LogP contribution is 2.19. The van der Waals surface area contributed by atoms with E-state index in [0.29, 0.717) is 6.54 Å². The summed E-state index contributed by atoms with van der Waals surface area (Å²) in [5, 5.41) is 25.7. The maximum Gasteiger partial charge on any atom is 0.328 e. The number of carbonyl (C=O) groups is 1. The van der Waals surface area contributed by atoms with Crippen LogP contribution < -0.4 is 0 Å². The molecule has 0 saturated heterocycles. The molecule has 1 N–H and O–H groups in total. The van der Waals surface area contributed by atoms with Crippen molar-refractivity contribution in [2.45, 2.75) is 6.54 Å². The summed E-state index contributed by atoms with van der Waals surface area (Å²) in [4.78, 5) is 13.9. The van der Waals surface area contributed by atoms with Crippen molar-refractivity contribution < 1.29 is 9.90 Å². The van der Waals surface area contributed by atoms with Gasteiger partial charge < -0.3 is 5.11 Å². The van der Waals surface area contributed by atoms with E-state index in [2.05, 4.69) is 0 Å². The van der Waals surface area contributed by atoms with Crippen LogP contribution in [0.4, 0.5) is 0 Å². The Kier molecular flexibility index (Phi) is 5.59. The lowest BCUT2D eigenvalue weighted by Gasteiger charge is -2.13. The fourth-order valence-corrected chi connectivity index (χ4v) is 2.27. The van der Waals surface area contributed by atoms with Crippen LogP contribution in [-0.4, -0.2) is 29.1 Å². The molecule has 0 atom stereocenters. The zero-order valence-electron chi connectivity index (χ0n) is 9.54. The summed E-state index contributed by atoms with van der Waals surface area (Å²) < 4.78 is 0. The molecule has 0 amide bonds. The SMILES string of the molecule is N#CCN(CC#N)Cc1ccc(/C=C/C(=O)O)s1.